The predicted octanol–water partition coefficient (Wildman–Crippen LogP) is 4.02. The molecular formula is C21H20ClN3O4. The van der Waals surface area contributed by atoms with Gasteiger partial charge in [0, 0.05) is 31.4 Å². The van der Waals surface area contributed by atoms with Crippen LogP contribution in [0.1, 0.15) is 16.1 Å². The molecular weight excluding hydrogens is 394 g/mol. The highest BCUT2D eigenvalue weighted by molar-refractivity contribution is 6.33. The van der Waals surface area contributed by atoms with Crippen molar-refractivity contribution in [1.29, 1.82) is 0 Å². The van der Waals surface area contributed by atoms with E-state index in [0.29, 0.717) is 39.0 Å². The molecule has 2 aromatic carbocycles. The van der Waals surface area contributed by atoms with E-state index >= 15 is 0 Å². The highest BCUT2D eigenvalue weighted by atomic mass is 35.5. The van der Waals surface area contributed by atoms with E-state index in [9.17, 15) is 9.59 Å². The van der Waals surface area contributed by atoms with E-state index in [1.54, 1.807) is 63.5 Å². The first-order valence-corrected chi connectivity index (χ1v) is 9.20. The maximum atomic E-state index is 12.9. The minimum absolute atomic E-state index is 0.0915. The van der Waals surface area contributed by atoms with Crippen molar-refractivity contribution in [2.45, 2.75) is 6.92 Å². The Bertz CT molecular complexity index is 1050. The van der Waals surface area contributed by atoms with Crippen LogP contribution in [0.4, 0.5) is 5.69 Å². The number of rotatable bonds is 6. The van der Waals surface area contributed by atoms with Crippen molar-refractivity contribution in [3.8, 4) is 17.0 Å². The first kappa shape index (κ1) is 20.4. The summed E-state index contributed by atoms with van der Waals surface area (Å²) in [5.74, 6) is 0.289. The predicted molar refractivity (Wildman–Crippen MR) is 110 cm³/mol. The van der Waals surface area contributed by atoms with Crippen molar-refractivity contribution >= 4 is 29.1 Å². The normalized spacial score (nSPS) is 10.5. The number of nitrogens with one attached hydrogen (secondary N) is 1. The van der Waals surface area contributed by atoms with Gasteiger partial charge in [-0.2, -0.15) is 0 Å². The summed E-state index contributed by atoms with van der Waals surface area (Å²) < 4.78 is 10.7. The molecule has 0 fully saturated rings. The van der Waals surface area contributed by atoms with E-state index < -0.39 is 0 Å². The van der Waals surface area contributed by atoms with Gasteiger partial charge in [-0.3, -0.25) is 9.59 Å². The van der Waals surface area contributed by atoms with E-state index in [0.717, 1.165) is 0 Å². The lowest BCUT2D eigenvalue weighted by atomic mass is 10.1. The fourth-order valence-electron chi connectivity index (χ4n) is 2.61. The zero-order valence-corrected chi connectivity index (χ0v) is 17.0. The van der Waals surface area contributed by atoms with Gasteiger partial charge in [0.1, 0.15) is 22.8 Å². The molecule has 3 aromatic rings. The number of aromatic nitrogens is 1. The Balaban J connectivity index is 1.80. The molecule has 7 nitrogen and oxygen atoms in total. The van der Waals surface area contributed by atoms with Gasteiger partial charge >= 0.3 is 0 Å². The van der Waals surface area contributed by atoms with Gasteiger partial charge in [0.2, 0.25) is 0 Å². The number of ether oxygens (including phenoxy) is 1. The Kier molecular flexibility index (Phi) is 6.19. The quantitative estimate of drug-likeness (QED) is 0.659. The average molecular weight is 414 g/mol. The number of amides is 2. The third-order valence-electron chi connectivity index (χ3n) is 4.17. The Hall–Kier alpha value is -3.32. The number of halogens is 1. The van der Waals surface area contributed by atoms with Crippen LogP contribution in [0.15, 0.2) is 53.1 Å². The lowest BCUT2D eigenvalue weighted by molar-refractivity contribution is -0.130. The fraction of sp³-hybridized carbons (Fsp3) is 0.190. The first-order valence-electron chi connectivity index (χ1n) is 8.82. The summed E-state index contributed by atoms with van der Waals surface area (Å²) in [6.07, 6.45) is 0. The van der Waals surface area contributed by atoms with Gasteiger partial charge in [0.25, 0.3) is 11.8 Å². The van der Waals surface area contributed by atoms with Crippen molar-refractivity contribution < 1.29 is 18.8 Å². The van der Waals surface area contributed by atoms with E-state index in [1.807, 2.05) is 6.07 Å². The van der Waals surface area contributed by atoms with Crippen LogP contribution in [0.2, 0.25) is 5.02 Å². The number of anilines is 1. The molecule has 2 amide bonds. The summed E-state index contributed by atoms with van der Waals surface area (Å²) in [6, 6.07) is 13.9. The van der Waals surface area contributed by atoms with Crippen LogP contribution >= 0.6 is 11.6 Å². The molecule has 1 N–H and O–H groups in total. The largest absolute Gasteiger partial charge is 0.484 e. The highest BCUT2D eigenvalue weighted by Gasteiger charge is 2.23. The number of hydrogen-bond acceptors (Lipinski definition) is 5. The van der Waals surface area contributed by atoms with Gasteiger partial charge in [0.15, 0.2) is 6.61 Å². The van der Waals surface area contributed by atoms with E-state index in [2.05, 4.69) is 10.5 Å². The van der Waals surface area contributed by atoms with Crippen molar-refractivity contribution in [2.24, 2.45) is 0 Å². The molecule has 0 aliphatic rings. The molecule has 0 radical (unpaired) electrons. The number of carbonyl (C=O) groups excluding carboxylic acids is 2. The zero-order valence-electron chi connectivity index (χ0n) is 16.2. The minimum atomic E-state index is -0.389. The van der Waals surface area contributed by atoms with Crippen LogP contribution in [-0.2, 0) is 4.79 Å². The standard InChI is InChI=1S/C21H20ClN3O4/c1-13-19(20(24-29-13)16-9-4-5-10-17(16)22)21(27)23-14-7-6-8-15(11-14)28-12-18(26)25(2)3/h4-11H,12H2,1-3H3,(H,23,27). The smallest absolute Gasteiger partial charge is 0.261 e. The lowest BCUT2D eigenvalue weighted by Gasteiger charge is -2.12. The molecule has 0 atom stereocenters. The average Bonchev–Trinajstić information content (AvgIpc) is 3.08. The molecule has 0 spiro atoms. The monoisotopic (exact) mass is 413 g/mol. The topological polar surface area (TPSA) is 84.7 Å². The summed E-state index contributed by atoms with van der Waals surface area (Å²) in [4.78, 5) is 26.0. The van der Waals surface area contributed by atoms with Crippen molar-refractivity contribution in [2.75, 3.05) is 26.0 Å². The summed E-state index contributed by atoms with van der Waals surface area (Å²) >= 11 is 6.25. The molecule has 1 aromatic heterocycles. The molecule has 150 valence electrons. The zero-order chi connectivity index (χ0) is 21.0. The second-order valence-corrected chi connectivity index (χ2v) is 6.91. The van der Waals surface area contributed by atoms with Crippen molar-refractivity contribution in [1.82, 2.24) is 10.1 Å². The fourth-order valence-corrected chi connectivity index (χ4v) is 2.83. The van der Waals surface area contributed by atoms with Gasteiger partial charge in [0.05, 0.1) is 5.02 Å². The number of nitrogens with zero attached hydrogens (tertiary/aromatic N) is 2. The number of hydrogen-bond donors (Lipinski definition) is 1. The number of benzene rings is 2. The Morgan fingerprint density at radius 2 is 1.93 bits per heavy atom. The van der Waals surface area contributed by atoms with Crippen LogP contribution < -0.4 is 10.1 Å². The first-order chi connectivity index (χ1) is 13.9. The van der Waals surface area contributed by atoms with E-state index in [1.165, 1.54) is 4.90 Å². The maximum Gasteiger partial charge on any atom is 0.261 e. The van der Waals surface area contributed by atoms with Crippen LogP contribution in [-0.4, -0.2) is 42.6 Å². The molecule has 8 heteroatoms. The van der Waals surface area contributed by atoms with Crippen molar-refractivity contribution in [3.05, 3.63) is 64.9 Å². The highest BCUT2D eigenvalue weighted by Crippen LogP contribution is 2.31. The molecule has 1 heterocycles. The van der Waals surface area contributed by atoms with Crippen molar-refractivity contribution in [3.63, 3.8) is 0 Å². The number of aryl methyl sites for hydroxylation is 1. The Labute approximate surface area is 173 Å². The molecule has 3 rings (SSSR count). The van der Waals surface area contributed by atoms with Crippen LogP contribution in [0.5, 0.6) is 5.75 Å². The molecule has 0 aliphatic heterocycles. The molecule has 0 aliphatic carbocycles. The summed E-state index contributed by atoms with van der Waals surface area (Å²) in [6.45, 7) is 1.57. The second kappa shape index (κ2) is 8.79. The van der Waals surface area contributed by atoms with Gasteiger partial charge in [-0.05, 0) is 25.1 Å². The summed E-state index contributed by atoms with van der Waals surface area (Å²) in [7, 11) is 3.31. The van der Waals surface area contributed by atoms with Gasteiger partial charge in [-0.15, -0.1) is 0 Å². The third kappa shape index (κ3) is 4.75. The van der Waals surface area contributed by atoms with Gasteiger partial charge in [-0.1, -0.05) is 41.0 Å². The molecule has 0 saturated carbocycles. The van der Waals surface area contributed by atoms with Gasteiger partial charge in [-0.25, -0.2) is 0 Å². The molecule has 0 saturated heterocycles. The van der Waals surface area contributed by atoms with Crippen LogP contribution in [0.3, 0.4) is 0 Å². The van der Waals surface area contributed by atoms with Crippen LogP contribution in [0, 0.1) is 6.92 Å². The molecule has 0 unspecified atom stereocenters. The number of carbonyl (C=O) groups is 2. The molecule has 0 bridgehead atoms. The SMILES string of the molecule is Cc1onc(-c2ccccc2Cl)c1C(=O)Nc1cccc(OCC(=O)N(C)C)c1. The minimum Gasteiger partial charge on any atom is -0.484 e. The Morgan fingerprint density at radius 3 is 2.66 bits per heavy atom. The summed E-state index contributed by atoms with van der Waals surface area (Å²) in [5.41, 5.74) is 1.78. The Morgan fingerprint density at radius 1 is 1.17 bits per heavy atom. The van der Waals surface area contributed by atoms with E-state index in [-0.39, 0.29) is 18.4 Å². The second-order valence-electron chi connectivity index (χ2n) is 6.50. The van der Waals surface area contributed by atoms with Crippen LogP contribution in [0.25, 0.3) is 11.3 Å². The number of likely N-dealkylation sites (N-methyl/N-ethyl adjacent to an activating group) is 1. The van der Waals surface area contributed by atoms with Gasteiger partial charge < -0.3 is 19.5 Å². The van der Waals surface area contributed by atoms with E-state index in [4.69, 9.17) is 20.9 Å². The lowest BCUT2D eigenvalue weighted by Crippen LogP contribution is -2.27. The third-order valence-corrected chi connectivity index (χ3v) is 4.50. The summed E-state index contributed by atoms with van der Waals surface area (Å²) in [5, 5.41) is 7.28. The maximum absolute atomic E-state index is 12.9. The molecule has 29 heavy (non-hydrogen) atoms.